The Morgan fingerprint density at radius 2 is 1.63 bits per heavy atom. The van der Waals surface area contributed by atoms with E-state index in [4.69, 9.17) is 4.74 Å². The minimum Gasteiger partial charge on any atom is -0.491 e. The maximum absolute atomic E-state index is 13.2. The number of amides is 2. The normalized spacial score (nSPS) is 17.7. The number of imide groups is 1. The fraction of sp³-hybridized carbons (Fsp3) is 0.379. The number of benzene rings is 3. The molecule has 6 nitrogen and oxygen atoms in total. The van der Waals surface area contributed by atoms with Gasteiger partial charge in [0.1, 0.15) is 18.5 Å². The third kappa shape index (κ3) is 4.81. The number of aryl methyl sites for hydroxylation is 2. The van der Waals surface area contributed by atoms with Crippen LogP contribution in [0.5, 0.6) is 5.75 Å². The third-order valence-electron chi connectivity index (χ3n) is 7.23. The summed E-state index contributed by atoms with van der Waals surface area (Å²) in [4.78, 5) is 30.0. The van der Waals surface area contributed by atoms with Crippen LogP contribution in [0.2, 0.25) is 0 Å². The summed E-state index contributed by atoms with van der Waals surface area (Å²) in [6.45, 7) is 6.96. The third-order valence-corrected chi connectivity index (χ3v) is 7.23. The van der Waals surface area contributed by atoms with Gasteiger partial charge in [-0.2, -0.15) is 0 Å². The monoisotopic (exact) mass is 472 g/mol. The molecule has 1 fully saturated rings. The predicted octanol–water partition coefficient (Wildman–Crippen LogP) is 4.20. The number of piperidine rings is 1. The molecule has 1 saturated heterocycles. The van der Waals surface area contributed by atoms with Crippen LogP contribution >= 0.6 is 0 Å². The molecule has 0 aliphatic carbocycles. The average molecular weight is 473 g/mol. The van der Waals surface area contributed by atoms with Crippen molar-refractivity contribution < 1.29 is 19.4 Å². The van der Waals surface area contributed by atoms with Gasteiger partial charge < -0.3 is 14.7 Å². The summed E-state index contributed by atoms with van der Waals surface area (Å²) < 4.78 is 5.83. The van der Waals surface area contributed by atoms with Crippen molar-refractivity contribution in [2.24, 2.45) is 5.92 Å². The maximum Gasteiger partial charge on any atom is 0.261 e. The highest BCUT2D eigenvalue weighted by molar-refractivity contribution is 6.25. The largest absolute Gasteiger partial charge is 0.491 e. The van der Waals surface area contributed by atoms with Gasteiger partial charge in [-0.3, -0.25) is 14.5 Å². The van der Waals surface area contributed by atoms with Gasteiger partial charge in [0.25, 0.3) is 11.8 Å². The molecule has 5 rings (SSSR count). The summed E-state index contributed by atoms with van der Waals surface area (Å²) in [5, 5.41) is 12.2. The first-order chi connectivity index (χ1) is 16.9. The first-order valence-corrected chi connectivity index (χ1v) is 12.4. The predicted molar refractivity (Wildman–Crippen MR) is 136 cm³/mol. The molecule has 2 aliphatic rings. The van der Waals surface area contributed by atoms with Crippen LogP contribution in [0, 0.1) is 19.8 Å². The Balaban J connectivity index is 1.14. The lowest BCUT2D eigenvalue weighted by Gasteiger charge is -2.36. The van der Waals surface area contributed by atoms with Crippen molar-refractivity contribution in [2.45, 2.75) is 32.8 Å². The molecule has 6 heteroatoms. The Morgan fingerprint density at radius 1 is 0.971 bits per heavy atom. The lowest BCUT2D eigenvalue weighted by molar-refractivity contribution is 0.0452. The lowest BCUT2D eigenvalue weighted by atomic mass is 9.91. The highest BCUT2D eigenvalue weighted by Gasteiger charge is 2.34. The number of nitrogens with zero attached hydrogens (tertiary/aromatic N) is 2. The van der Waals surface area contributed by atoms with E-state index in [1.54, 1.807) is 0 Å². The van der Waals surface area contributed by atoms with Crippen molar-refractivity contribution in [1.29, 1.82) is 0 Å². The number of β-amino-alcohol motifs (C(OH)–C–C–N with tert-alkyl or cyclic N) is 1. The van der Waals surface area contributed by atoms with E-state index >= 15 is 0 Å². The Labute approximate surface area is 206 Å². The fourth-order valence-corrected chi connectivity index (χ4v) is 5.35. The number of hydrogen-bond acceptors (Lipinski definition) is 5. The van der Waals surface area contributed by atoms with Crippen molar-refractivity contribution in [3.05, 3.63) is 76.9 Å². The van der Waals surface area contributed by atoms with Crippen LogP contribution in [-0.4, -0.2) is 65.6 Å². The van der Waals surface area contributed by atoms with Crippen molar-refractivity contribution >= 4 is 22.6 Å². The number of aliphatic hydroxyl groups is 1. The summed E-state index contributed by atoms with van der Waals surface area (Å²) in [5.74, 6) is 0.676. The van der Waals surface area contributed by atoms with Crippen molar-refractivity contribution in [3.8, 4) is 5.75 Å². The standard InChI is InChI=1S/C29H32N2O4/c1-19-9-10-26(20(2)15-19)35-18-23(32)17-30-13-11-21(12-14-30)16-31-28(33)24-7-3-5-22-6-4-8-25(27(22)24)29(31)34/h3-10,15,21,23,32H,11-14,16-18H2,1-2H3. The molecule has 0 bridgehead atoms. The van der Waals surface area contributed by atoms with E-state index in [0.29, 0.717) is 24.2 Å². The van der Waals surface area contributed by atoms with Gasteiger partial charge in [0, 0.05) is 29.6 Å². The number of ether oxygens (including phenoxy) is 1. The van der Waals surface area contributed by atoms with Crippen LogP contribution in [0.3, 0.4) is 0 Å². The van der Waals surface area contributed by atoms with E-state index in [0.717, 1.165) is 48.0 Å². The Kier molecular flexibility index (Phi) is 6.58. The van der Waals surface area contributed by atoms with E-state index in [2.05, 4.69) is 11.0 Å². The van der Waals surface area contributed by atoms with E-state index in [-0.39, 0.29) is 24.3 Å². The summed E-state index contributed by atoms with van der Waals surface area (Å²) in [6.07, 6.45) is 1.19. The highest BCUT2D eigenvalue weighted by atomic mass is 16.5. The summed E-state index contributed by atoms with van der Waals surface area (Å²) in [6, 6.07) is 17.3. The molecular formula is C29H32N2O4. The van der Waals surface area contributed by atoms with Crippen LogP contribution in [0.25, 0.3) is 10.8 Å². The summed E-state index contributed by atoms with van der Waals surface area (Å²) in [5.41, 5.74) is 3.48. The first-order valence-electron chi connectivity index (χ1n) is 12.4. The molecule has 0 aromatic heterocycles. The molecule has 2 heterocycles. The number of likely N-dealkylation sites (tertiary alicyclic amines) is 1. The number of carbonyl (C=O) groups is 2. The van der Waals surface area contributed by atoms with Crippen LogP contribution in [-0.2, 0) is 0 Å². The molecule has 2 amide bonds. The summed E-state index contributed by atoms with van der Waals surface area (Å²) >= 11 is 0. The lowest BCUT2D eigenvalue weighted by Crippen LogP contribution is -2.46. The highest BCUT2D eigenvalue weighted by Crippen LogP contribution is 2.31. The van der Waals surface area contributed by atoms with Crippen molar-refractivity contribution in [3.63, 3.8) is 0 Å². The molecule has 1 unspecified atom stereocenters. The molecule has 0 saturated carbocycles. The number of hydrogen-bond donors (Lipinski definition) is 1. The van der Waals surface area contributed by atoms with E-state index in [1.807, 2.05) is 62.4 Å². The van der Waals surface area contributed by atoms with Crippen LogP contribution < -0.4 is 4.74 Å². The van der Waals surface area contributed by atoms with Gasteiger partial charge in [-0.25, -0.2) is 0 Å². The van der Waals surface area contributed by atoms with E-state index in [9.17, 15) is 14.7 Å². The second-order valence-electron chi connectivity index (χ2n) is 9.91. The van der Waals surface area contributed by atoms with Crippen LogP contribution in [0.1, 0.15) is 44.7 Å². The fourth-order valence-electron chi connectivity index (χ4n) is 5.35. The van der Waals surface area contributed by atoms with Crippen molar-refractivity contribution in [1.82, 2.24) is 9.80 Å². The van der Waals surface area contributed by atoms with Gasteiger partial charge in [0.15, 0.2) is 0 Å². The minimum absolute atomic E-state index is 0.194. The first kappa shape index (κ1) is 23.5. The molecule has 1 atom stereocenters. The zero-order valence-corrected chi connectivity index (χ0v) is 20.4. The zero-order chi connectivity index (χ0) is 24.5. The smallest absolute Gasteiger partial charge is 0.261 e. The van der Waals surface area contributed by atoms with Crippen LogP contribution in [0.15, 0.2) is 54.6 Å². The molecule has 0 radical (unpaired) electrons. The zero-order valence-electron chi connectivity index (χ0n) is 20.4. The molecule has 2 aliphatic heterocycles. The molecule has 3 aromatic carbocycles. The van der Waals surface area contributed by atoms with Gasteiger partial charge in [-0.05, 0) is 74.8 Å². The minimum atomic E-state index is -0.575. The van der Waals surface area contributed by atoms with Crippen LogP contribution in [0.4, 0.5) is 0 Å². The molecule has 182 valence electrons. The number of aliphatic hydroxyl groups excluding tert-OH is 1. The van der Waals surface area contributed by atoms with E-state index in [1.165, 1.54) is 10.5 Å². The number of carbonyl (C=O) groups excluding carboxylic acids is 2. The second-order valence-corrected chi connectivity index (χ2v) is 9.91. The average Bonchev–Trinajstić information content (AvgIpc) is 2.85. The second kappa shape index (κ2) is 9.80. The molecule has 0 spiro atoms. The van der Waals surface area contributed by atoms with Gasteiger partial charge in [0.05, 0.1) is 0 Å². The summed E-state index contributed by atoms with van der Waals surface area (Å²) in [7, 11) is 0. The topological polar surface area (TPSA) is 70.1 Å². The van der Waals surface area contributed by atoms with Crippen molar-refractivity contribution in [2.75, 3.05) is 32.8 Å². The Hall–Kier alpha value is -3.22. The Bertz CT molecular complexity index is 1210. The molecule has 35 heavy (non-hydrogen) atoms. The van der Waals surface area contributed by atoms with Gasteiger partial charge in [-0.1, -0.05) is 42.0 Å². The molecule has 3 aromatic rings. The number of rotatable bonds is 7. The van der Waals surface area contributed by atoms with Gasteiger partial charge in [0.2, 0.25) is 0 Å². The van der Waals surface area contributed by atoms with Gasteiger partial charge in [-0.15, -0.1) is 0 Å². The quantitative estimate of drug-likeness (QED) is 0.522. The van der Waals surface area contributed by atoms with E-state index < -0.39 is 6.10 Å². The molecule has 1 N–H and O–H groups in total. The maximum atomic E-state index is 13.2. The Morgan fingerprint density at radius 3 is 2.26 bits per heavy atom. The molecular weight excluding hydrogens is 440 g/mol. The SMILES string of the molecule is Cc1ccc(OCC(O)CN2CCC(CN3C(=O)c4cccc5cccc(c45)C3=O)CC2)c(C)c1. The van der Waals surface area contributed by atoms with Gasteiger partial charge >= 0.3 is 0 Å².